The van der Waals surface area contributed by atoms with Crippen LogP contribution in [0.4, 0.5) is 8.78 Å². The summed E-state index contributed by atoms with van der Waals surface area (Å²) in [7, 11) is 0. The first kappa shape index (κ1) is 17.8. The van der Waals surface area contributed by atoms with Crippen molar-refractivity contribution in [2.45, 2.75) is 18.9 Å². The van der Waals surface area contributed by atoms with Crippen molar-refractivity contribution in [3.63, 3.8) is 0 Å². The van der Waals surface area contributed by atoms with Gasteiger partial charge < -0.3 is 10.1 Å². The van der Waals surface area contributed by atoms with E-state index in [1.54, 1.807) is 6.07 Å². The molecule has 2 unspecified atom stereocenters. The fraction of sp³-hybridized carbons (Fsp3) is 0.353. The van der Waals surface area contributed by atoms with Gasteiger partial charge in [0.15, 0.2) is 11.7 Å². The van der Waals surface area contributed by atoms with Crippen LogP contribution in [0.3, 0.4) is 0 Å². The Hall–Kier alpha value is -2.59. The van der Waals surface area contributed by atoms with Gasteiger partial charge in [0, 0.05) is 18.7 Å². The van der Waals surface area contributed by atoms with Gasteiger partial charge in [0.1, 0.15) is 11.6 Å². The second-order valence-corrected chi connectivity index (χ2v) is 5.31. The number of carbonyl (C=O) groups excluding carboxylic acids is 2. The summed E-state index contributed by atoms with van der Waals surface area (Å²) in [5.41, 5.74) is -0.401. The Labute approximate surface area is 137 Å². The minimum Gasteiger partial charge on any atom is -0.376 e. The third-order valence-corrected chi connectivity index (χ3v) is 3.62. The molecule has 0 saturated carbocycles. The van der Waals surface area contributed by atoms with Crippen molar-refractivity contribution < 1.29 is 23.1 Å². The van der Waals surface area contributed by atoms with Crippen molar-refractivity contribution in [1.82, 2.24) is 5.32 Å². The Morgan fingerprint density at radius 2 is 2.12 bits per heavy atom. The van der Waals surface area contributed by atoms with Crippen LogP contribution in [0.1, 0.15) is 18.4 Å². The van der Waals surface area contributed by atoms with Crippen LogP contribution in [0.25, 0.3) is 6.08 Å². The molecular weight excluding hydrogens is 318 g/mol. The van der Waals surface area contributed by atoms with Crippen molar-refractivity contribution in [3.8, 4) is 6.07 Å². The van der Waals surface area contributed by atoms with Gasteiger partial charge >= 0.3 is 0 Å². The highest BCUT2D eigenvalue weighted by Gasteiger charge is 2.26. The molecule has 24 heavy (non-hydrogen) atoms. The highest BCUT2D eigenvalue weighted by Crippen LogP contribution is 2.14. The molecule has 0 radical (unpaired) electrons. The predicted molar refractivity (Wildman–Crippen MR) is 81.5 cm³/mol. The zero-order chi connectivity index (χ0) is 17.5. The lowest BCUT2D eigenvalue weighted by atomic mass is 10.0. The van der Waals surface area contributed by atoms with Crippen LogP contribution in [0.2, 0.25) is 0 Å². The van der Waals surface area contributed by atoms with Gasteiger partial charge in [-0.05, 0) is 37.1 Å². The van der Waals surface area contributed by atoms with E-state index in [9.17, 15) is 18.4 Å². The fourth-order valence-corrected chi connectivity index (χ4v) is 2.30. The molecule has 1 saturated heterocycles. The average molecular weight is 334 g/mol. The number of allylic oxidation sites excluding steroid dienone is 1. The fourth-order valence-electron chi connectivity index (χ4n) is 2.30. The van der Waals surface area contributed by atoms with Gasteiger partial charge in [0.2, 0.25) is 5.91 Å². The molecule has 1 amide bonds. The van der Waals surface area contributed by atoms with Crippen LogP contribution in [0.5, 0.6) is 0 Å². The summed E-state index contributed by atoms with van der Waals surface area (Å²) in [6.45, 7) is 0.841. The van der Waals surface area contributed by atoms with Crippen molar-refractivity contribution in [1.29, 1.82) is 5.26 Å². The minimum absolute atomic E-state index is 0.119. The molecule has 1 fully saturated rings. The zero-order valence-corrected chi connectivity index (χ0v) is 12.8. The van der Waals surface area contributed by atoms with Gasteiger partial charge in [-0.3, -0.25) is 9.59 Å². The molecule has 1 aliphatic heterocycles. The summed E-state index contributed by atoms with van der Waals surface area (Å²) in [5.74, 6) is -4.84. The Morgan fingerprint density at radius 3 is 2.71 bits per heavy atom. The molecule has 0 aliphatic carbocycles. The summed E-state index contributed by atoms with van der Waals surface area (Å²) in [5, 5.41) is 11.5. The van der Waals surface area contributed by atoms with E-state index < -0.39 is 34.8 Å². The molecule has 1 aromatic rings. The molecule has 1 aromatic carbocycles. The number of nitrogens with one attached hydrogen (secondary N) is 1. The van der Waals surface area contributed by atoms with E-state index in [0.717, 1.165) is 37.1 Å². The molecule has 2 rings (SSSR count). The molecular formula is C17H16F2N2O3. The van der Waals surface area contributed by atoms with Gasteiger partial charge in [-0.15, -0.1) is 0 Å². The van der Waals surface area contributed by atoms with Crippen LogP contribution in [-0.4, -0.2) is 30.9 Å². The van der Waals surface area contributed by atoms with Gasteiger partial charge in [-0.1, -0.05) is 6.07 Å². The maximum atomic E-state index is 13.5. The van der Waals surface area contributed by atoms with E-state index in [2.05, 4.69) is 5.32 Å². The summed E-state index contributed by atoms with van der Waals surface area (Å²) in [6.07, 6.45) is 3.34. The SMILES string of the molecule is N#CC(C(=O)C=Cc1c(F)cccc1F)C(=O)NCC1CCCO1. The molecule has 1 heterocycles. The van der Waals surface area contributed by atoms with Crippen LogP contribution in [-0.2, 0) is 14.3 Å². The summed E-state index contributed by atoms with van der Waals surface area (Å²) in [4.78, 5) is 23.9. The molecule has 1 N–H and O–H groups in total. The normalized spacial score (nSPS) is 18.3. The van der Waals surface area contributed by atoms with Gasteiger partial charge in [0.25, 0.3) is 0 Å². The molecule has 1 aliphatic rings. The number of rotatable bonds is 6. The highest BCUT2D eigenvalue weighted by atomic mass is 19.1. The molecule has 0 aromatic heterocycles. The van der Waals surface area contributed by atoms with E-state index >= 15 is 0 Å². The van der Waals surface area contributed by atoms with Crippen molar-refractivity contribution in [2.75, 3.05) is 13.2 Å². The molecule has 5 nitrogen and oxygen atoms in total. The Morgan fingerprint density at radius 1 is 1.42 bits per heavy atom. The number of halogens is 2. The second kappa shape index (κ2) is 8.31. The van der Waals surface area contributed by atoms with Crippen molar-refractivity contribution >= 4 is 17.8 Å². The van der Waals surface area contributed by atoms with Crippen LogP contribution in [0.15, 0.2) is 24.3 Å². The first-order valence-corrected chi connectivity index (χ1v) is 7.47. The topological polar surface area (TPSA) is 79.2 Å². The monoisotopic (exact) mass is 334 g/mol. The van der Waals surface area contributed by atoms with E-state index in [-0.39, 0.29) is 12.6 Å². The number of benzene rings is 1. The number of carbonyl (C=O) groups is 2. The second-order valence-electron chi connectivity index (χ2n) is 5.31. The standard InChI is InChI=1S/C17H16F2N2O3/c18-14-4-1-5-15(19)12(14)6-7-16(22)13(9-20)17(23)21-10-11-3-2-8-24-11/h1,4-7,11,13H,2-3,8,10H2,(H,21,23). The van der Waals surface area contributed by atoms with Crippen LogP contribution in [0, 0.1) is 28.9 Å². The van der Waals surface area contributed by atoms with E-state index in [4.69, 9.17) is 10.00 Å². The third-order valence-electron chi connectivity index (χ3n) is 3.62. The van der Waals surface area contributed by atoms with Crippen LogP contribution >= 0.6 is 0 Å². The molecule has 0 bridgehead atoms. The number of hydrogen-bond acceptors (Lipinski definition) is 4. The lowest BCUT2D eigenvalue weighted by molar-refractivity contribution is -0.129. The lowest BCUT2D eigenvalue weighted by Crippen LogP contribution is -2.38. The number of ether oxygens (including phenoxy) is 1. The molecule has 0 spiro atoms. The van der Waals surface area contributed by atoms with E-state index in [0.29, 0.717) is 6.61 Å². The van der Waals surface area contributed by atoms with E-state index in [1.807, 2.05) is 0 Å². The Kier molecular flexibility index (Phi) is 6.15. The number of nitriles is 1. The third kappa shape index (κ3) is 4.46. The minimum atomic E-state index is -1.57. The van der Waals surface area contributed by atoms with Crippen molar-refractivity contribution in [3.05, 3.63) is 41.5 Å². The molecule has 7 heteroatoms. The summed E-state index contributed by atoms with van der Waals surface area (Å²) >= 11 is 0. The van der Waals surface area contributed by atoms with Gasteiger partial charge in [-0.25, -0.2) is 8.78 Å². The highest BCUT2D eigenvalue weighted by molar-refractivity contribution is 6.10. The maximum Gasteiger partial charge on any atom is 0.245 e. The van der Waals surface area contributed by atoms with E-state index in [1.165, 1.54) is 6.07 Å². The van der Waals surface area contributed by atoms with Gasteiger partial charge in [0.05, 0.1) is 12.2 Å². The van der Waals surface area contributed by atoms with Crippen LogP contribution < -0.4 is 5.32 Å². The first-order chi connectivity index (χ1) is 11.5. The first-order valence-electron chi connectivity index (χ1n) is 7.47. The quantitative estimate of drug-likeness (QED) is 0.637. The predicted octanol–water partition coefficient (Wildman–Crippen LogP) is 1.98. The number of hydrogen-bond donors (Lipinski definition) is 1. The summed E-state index contributed by atoms with van der Waals surface area (Å²) < 4.78 is 32.3. The smallest absolute Gasteiger partial charge is 0.245 e. The van der Waals surface area contributed by atoms with Crippen molar-refractivity contribution in [2.24, 2.45) is 5.92 Å². The zero-order valence-electron chi connectivity index (χ0n) is 12.8. The molecule has 126 valence electrons. The maximum absolute atomic E-state index is 13.5. The van der Waals surface area contributed by atoms with Gasteiger partial charge in [-0.2, -0.15) is 5.26 Å². The number of ketones is 1. The average Bonchev–Trinajstić information content (AvgIpc) is 3.06. The largest absolute Gasteiger partial charge is 0.376 e. The Balaban J connectivity index is 1.99. The lowest BCUT2D eigenvalue weighted by Gasteiger charge is -2.12. The summed E-state index contributed by atoms with van der Waals surface area (Å²) in [6, 6.07) is 4.89. The number of nitrogens with zero attached hydrogens (tertiary/aromatic N) is 1. The molecule has 2 atom stereocenters. The number of amides is 1. The Bertz CT molecular complexity index is 671.